The van der Waals surface area contributed by atoms with Crippen LogP contribution in [0.1, 0.15) is 32.8 Å². The van der Waals surface area contributed by atoms with Gasteiger partial charge in [-0.3, -0.25) is 4.99 Å². The van der Waals surface area contributed by atoms with Gasteiger partial charge in [-0.05, 0) is 36.6 Å². The minimum Gasteiger partial charge on any atom is -0.466 e. The molecule has 4 nitrogen and oxygen atoms in total. The summed E-state index contributed by atoms with van der Waals surface area (Å²) < 4.78 is 4.94. The van der Waals surface area contributed by atoms with E-state index in [-0.39, 0.29) is 17.9 Å². The molecular formula is C17H21ClN2O2. The number of carbonyl (C=O) groups is 1. The summed E-state index contributed by atoms with van der Waals surface area (Å²) in [6.45, 7) is 6.11. The van der Waals surface area contributed by atoms with Gasteiger partial charge in [-0.1, -0.05) is 32.4 Å². The Balaban J connectivity index is 2.45. The Hall–Kier alpha value is -1.81. The van der Waals surface area contributed by atoms with E-state index in [1.165, 1.54) is 7.11 Å². The van der Waals surface area contributed by atoms with Crippen molar-refractivity contribution in [2.24, 2.45) is 10.9 Å². The number of halogens is 1. The van der Waals surface area contributed by atoms with Crippen molar-refractivity contribution in [3.05, 3.63) is 46.1 Å². The van der Waals surface area contributed by atoms with Crippen molar-refractivity contribution >= 4 is 23.4 Å². The Morgan fingerprint density at radius 1 is 1.36 bits per heavy atom. The number of methoxy groups -OCH3 is 1. The molecule has 1 aliphatic heterocycles. The fourth-order valence-corrected chi connectivity index (χ4v) is 2.62. The quantitative estimate of drug-likeness (QED) is 0.863. The molecule has 2 rings (SSSR count). The minimum absolute atomic E-state index is 0.194. The van der Waals surface area contributed by atoms with E-state index in [0.29, 0.717) is 17.0 Å². The molecule has 0 aliphatic carbocycles. The number of esters is 1. The standard InChI is InChI=1S/C17H21ClN2O2/c1-5-13-14(17(21)22-4)15(10(2)3)20-16(19-13)11-6-8-12(18)9-7-11/h6-10,15H,5H2,1-4H3,(H,19,20). The molecule has 5 heteroatoms. The number of amidine groups is 1. The average Bonchev–Trinajstić information content (AvgIpc) is 2.53. The van der Waals surface area contributed by atoms with Crippen LogP contribution in [0.3, 0.4) is 0 Å². The average molecular weight is 321 g/mol. The molecule has 1 heterocycles. The van der Waals surface area contributed by atoms with Gasteiger partial charge >= 0.3 is 5.97 Å². The predicted octanol–water partition coefficient (Wildman–Crippen LogP) is 3.55. The van der Waals surface area contributed by atoms with Crippen molar-refractivity contribution in [1.29, 1.82) is 0 Å². The fraction of sp³-hybridized carbons (Fsp3) is 0.412. The van der Waals surface area contributed by atoms with Gasteiger partial charge in [0.25, 0.3) is 0 Å². The number of rotatable bonds is 4. The van der Waals surface area contributed by atoms with Gasteiger partial charge < -0.3 is 10.1 Å². The van der Waals surface area contributed by atoms with Crippen LogP contribution in [0, 0.1) is 5.92 Å². The van der Waals surface area contributed by atoms with E-state index >= 15 is 0 Å². The van der Waals surface area contributed by atoms with Gasteiger partial charge in [-0.25, -0.2) is 4.79 Å². The molecule has 1 aromatic carbocycles. The first kappa shape index (κ1) is 16.6. The summed E-state index contributed by atoms with van der Waals surface area (Å²) in [4.78, 5) is 16.9. The van der Waals surface area contributed by atoms with Gasteiger partial charge in [-0.15, -0.1) is 0 Å². The molecule has 1 aromatic rings. The molecule has 1 aliphatic rings. The Bertz CT molecular complexity index is 618. The van der Waals surface area contributed by atoms with Gasteiger partial charge in [0.15, 0.2) is 0 Å². The number of hydrogen-bond acceptors (Lipinski definition) is 4. The third kappa shape index (κ3) is 3.33. The van der Waals surface area contributed by atoms with Crippen LogP contribution in [0.15, 0.2) is 40.5 Å². The summed E-state index contributed by atoms with van der Waals surface area (Å²) in [6.07, 6.45) is 0.709. The SMILES string of the molecule is CCC1=C(C(=O)OC)C(C(C)C)N=C(c2ccc(Cl)cc2)N1. The van der Waals surface area contributed by atoms with Crippen LogP contribution < -0.4 is 5.32 Å². The topological polar surface area (TPSA) is 50.7 Å². The Labute approximate surface area is 136 Å². The third-order valence-corrected chi connectivity index (χ3v) is 3.92. The second kappa shape index (κ2) is 6.97. The molecule has 0 amide bonds. The molecule has 0 saturated carbocycles. The van der Waals surface area contributed by atoms with E-state index in [1.807, 2.05) is 31.2 Å². The number of aliphatic imine (C=N–C) groups is 1. The molecule has 0 saturated heterocycles. The van der Waals surface area contributed by atoms with Crippen molar-refractivity contribution in [3.63, 3.8) is 0 Å². The second-order valence-corrected chi connectivity index (χ2v) is 5.97. The predicted molar refractivity (Wildman–Crippen MR) is 89.1 cm³/mol. The Morgan fingerprint density at radius 3 is 2.50 bits per heavy atom. The van der Waals surface area contributed by atoms with Gasteiger partial charge in [0.2, 0.25) is 0 Å². The van der Waals surface area contributed by atoms with Crippen LogP contribution >= 0.6 is 11.6 Å². The molecule has 1 N–H and O–H groups in total. The summed E-state index contributed by atoms with van der Waals surface area (Å²) in [5, 5.41) is 3.96. The van der Waals surface area contributed by atoms with Crippen LogP contribution in [-0.4, -0.2) is 25.0 Å². The van der Waals surface area contributed by atoms with Crippen molar-refractivity contribution in [2.45, 2.75) is 33.2 Å². The third-order valence-electron chi connectivity index (χ3n) is 3.67. The molecule has 1 unspecified atom stereocenters. The van der Waals surface area contributed by atoms with E-state index in [9.17, 15) is 4.79 Å². The molecule has 0 fully saturated rings. The molecule has 0 bridgehead atoms. The van der Waals surface area contributed by atoms with Crippen LogP contribution in [-0.2, 0) is 9.53 Å². The highest BCUT2D eigenvalue weighted by Gasteiger charge is 2.31. The van der Waals surface area contributed by atoms with Crippen molar-refractivity contribution < 1.29 is 9.53 Å². The minimum atomic E-state index is -0.318. The number of ether oxygens (including phenoxy) is 1. The number of benzene rings is 1. The molecule has 1 atom stereocenters. The first-order chi connectivity index (χ1) is 10.5. The van der Waals surface area contributed by atoms with Crippen LogP contribution in [0.4, 0.5) is 0 Å². The fourth-order valence-electron chi connectivity index (χ4n) is 2.49. The van der Waals surface area contributed by atoms with E-state index in [4.69, 9.17) is 21.3 Å². The monoisotopic (exact) mass is 320 g/mol. The van der Waals surface area contributed by atoms with E-state index in [0.717, 1.165) is 17.1 Å². The lowest BCUT2D eigenvalue weighted by Gasteiger charge is -2.29. The molecule has 0 radical (unpaired) electrons. The maximum Gasteiger partial charge on any atom is 0.337 e. The van der Waals surface area contributed by atoms with Crippen molar-refractivity contribution in [3.8, 4) is 0 Å². The zero-order valence-corrected chi connectivity index (χ0v) is 14.1. The normalized spacial score (nSPS) is 18.1. The summed E-state index contributed by atoms with van der Waals surface area (Å²) in [5.74, 6) is 0.641. The number of carbonyl (C=O) groups excluding carboxylic acids is 1. The number of nitrogens with zero attached hydrogens (tertiary/aromatic N) is 1. The number of allylic oxidation sites excluding steroid dienone is 1. The maximum absolute atomic E-state index is 12.1. The molecule has 22 heavy (non-hydrogen) atoms. The van der Waals surface area contributed by atoms with E-state index < -0.39 is 0 Å². The second-order valence-electron chi connectivity index (χ2n) is 5.54. The number of hydrogen-bond donors (Lipinski definition) is 1. The summed E-state index contributed by atoms with van der Waals surface area (Å²) in [6, 6.07) is 7.28. The van der Waals surface area contributed by atoms with E-state index in [2.05, 4.69) is 19.2 Å². The Kier molecular flexibility index (Phi) is 5.24. The van der Waals surface area contributed by atoms with Gasteiger partial charge in [-0.2, -0.15) is 0 Å². The number of nitrogens with one attached hydrogen (secondary N) is 1. The lowest BCUT2D eigenvalue weighted by atomic mass is 9.92. The van der Waals surface area contributed by atoms with Crippen molar-refractivity contribution in [2.75, 3.05) is 7.11 Å². The highest BCUT2D eigenvalue weighted by molar-refractivity contribution is 6.30. The first-order valence-corrected chi connectivity index (χ1v) is 7.77. The van der Waals surface area contributed by atoms with Crippen LogP contribution in [0.25, 0.3) is 0 Å². The van der Waals surface area contributed by atoms with Gasteiger partial charge in [0, 0.05) is 16.3 Å². The summed E-state index contributed by atoms with van der Waals surface area (Å²) >= 11 is 5.94. The van der Waals surface area contributed by atoms with Gasteiger partial charge in [0.1, 0.15) is 5.84 Å². The Morgan fingerprint density at radius 2 is 2.00 bits per heavy atom. The molecule has 0 spiro atoms. The first-order valence-electron chi connectivity index (χ1n) is 7.40. The maximum atomic E-state index is 12.1. The van der Waals surface area contributed by atoms with Crippen LogP contribution in [0.2, 0.25) is 5.02 Å². The van der Waals surface area contributed by atoms with Crippen LogP contribution in [0.5, 0.6) is 0 Å². The largest absolute Gasteiger partial charge is 0.466 e. The lowest BCUT2D eigenvalue weighted by Crippen LogP contribution is -2.38. The highest BCUT2D eigenvalue weighted by Crippen LogP contribution is 2.26. The zero-order valence-electron chi connectivity index (χ0n) is 13.3. The van der Waals surface area contributed by atoms with E-state index in [1.54, 1.807) is 0 Å². The van der Waals surface area contributed by atoms with Crippen molar-refractivity contribution in [1.82, 2.24) is 5.32 Å². The molecule has 0 aromatic heterocycles. The zero-order chi connectivity index (χ0) is 16.3. The smallest absolute Gasteiger partial charge is 0.337 e. The summed E-state index contributed by atoms with van der Waals surface area (Å²) in [7, 11) is 1.40. The lowest BCUT2D eigenvalue weighted by molar-refractivity contribution is -0.136. The molecular weight excluding hydrogens is 300 g/mol. The molecule has 118 valence electrons. The van der Waals surface area contributed by atoms with Gasteiger partial charge in [0.05, 0.1) is 18.7 Å². The summed E-state index contributed by atoms with van der Waals surface area (Å²) in [5.41, 5.74) is 2.44. The highest BCUT2D eigenvalue weighted by atomic mass is 35.5.